The van der Waals surface area contributed by atoms with E-state index in [1.54, 1.807) is 29.0 Å². The number of amides is 3. The number of aromatic nitrogens is 1. The van der Waals surface area contributed by atoms with E-state index < -0.39 is 76.3 Å². The van der Waals surface area contributed by atoms with Crippen molar-refractivity contribution in [2.45, 2.75) is 164 Å². The molecule has 3 amide bonds. The van der Waals surface area contributed by atoms with Gasteiger partial charge in [0.2, 0.25) is 11.8 Å². The lowest BCUT2D eigenvalue weighted by Crippen LogP contribution is -2.50. The van der Waals surface area contributed by atoms with Crippen LogP contribution in [0.3, 0.4) is 0 Å². The molecule has 4 heterocycles. The van der Waals surface area contributed by atoms with E-state index in [4.69, 9.17) is 11.6 Å². The maximum absolute atomic E-state index is 14.6. The number of ketones is 1. The molecule has 0 spiro atoms. The molecule has 0 radical (unpaired) electrons. The van der Waals surface area contributed by atoms with Gasteiger partial charge in [0.15, 0.2) is 0 Å². The summed E-state index contributed by atoms with van der Waals surface area (Å²) in [5.41, 5.74) is 2.78. The average molecular weight is 1480 g/mol. The first-order chi connectivity index (χ1) is 47.8. The normalized spacial score (nSPS) is 19.2. The van der Waals surface area contributed by atoms with Crippen LogP contribution in [0.1, 0.15) is 145 Å². The zero-order valence-corrected chi connectivity index (χ0v) is 62.6. The smallest absolute Gasteiger partial charge is 0.391 e. The Bertz CT molecular complexity index is 4140. The number of hydrogen-bond donors (Lipinski definition) is 4. The second-order valence-electron chi connectivity index (χ2n) is 29.4. The van der Waals surface area contributed by atoms with Crippen LogP contribution >= 0.6 is 34.7 Å². The first-order valence-corrected chi connectivity index (χ1v) is 40.1. The average Bonchev–Trinajstić information content (AvgIpc) is 1.40. The molecule has 5 aromatic carbocycles. The summed E-state index contributed by atoms with van der Waals surface area (Å²) >= 11 is 9.21. The van der Waals surface area contributed by atoms with Crippen molar-refractivity contribution in [2.24, 2.45) is 22.7 Å². The molecular weight excluding hydrogens is 1390 g/mol. The largest absolute Gasteiger partial charge is 0.501 e. The van der Waals surface area contributed by atoms with Gasteiger partial charge in [0, 0.05) is 104 Å². The van der Waals surface area contributed by atoms with Crippen LogP contribution in [0.15, 0.2) is 147 Å². The minimum Gasteiger partial charge on any atom is -0.391 e. The number of allylic oxidation sites excluding steroid dienone is 1. The number of rotatable bonds is 27. The number of nitrogens with one attached hydrogen (secondary N) is 3. The molecule has 0 bridgehead atoms. The van der Waals surface area contributed by atoms with E-state index >= 15 is 0 Å². The molecule has 3 aliphatic heterocycles. The van der Waals surface area contributed by atoms with Gasteiger partial charge in [-0.1, -0.05) is 106 Å². The molecule has 10 rings (SSSR count). The third-order valence-corrected chi connectivity index (χ3v) is 25.5. The molecule has 3 fully saturated rings. The number of halogens is 4. The molecular formula is C76H94ClF3N8O9S4. The van der Waals surface area contributed by atoms with Crippen LogP contribution in [0.5, 0.6) is 0 Å². The van der Waals surface area contributed by atoms with Gasteiger partial charge in [-0.2, -0.15) is 13.2 Å². The van der Waals surface area contributed by atoms with Crippen molar-refractivity contribution in [2.75, 3.05) is 74.9 Å². The van der Waals surface area contributed by atoms with Gasteiger partial charge in [-0.15, -0.1) is 23.1 Å². The van der Waals surface area contributed by atoms with Crippen molar-refractivity contribution in [3.8, 4) is 10.4 Å². The molecule has 101 heavy (non-hydrogen) atoms. The molecule has 25 heteroatoms. The Kier molecular flexibility index (Phi) is 25.1. The number of anilines is 2. The third kappa shape index (κ3) is 20.0. The van der Waals surface area contributed by atoms with E-state index in [2.05, 4.69) is 56.3 Å². The predicted octanol–water partition coefficient (Wildman–Crippen LogP) is 14.3. The number of sulfonamides is 1. The highest BCUT2D eigenvalue weighted by atomic mass is 35.5. The monoisotopic (exact) mass is 1480 g/mol. The van der Waals surface area contributed by atoms with Gasteiger partial charge < -0.3 is 30.4 Å². The Morgan fingerprint density at radius 3 is 2.16 bits per heavy atom. The minimum absolute atomic E-state index is 0.00470. The summed E-state index contributed by atoms with van der Waals surface area (Å²) in [4.78, 5) is 68.2. The number of piperazine rings is 1. The lowest BCUT2D eigenvalue weighted by molar-refractivity contribution is -0.146. The van der Waals surface area contributed by atoms with E-state index in [1.165, 1.54) is 45.5 Å². The number of hydrogen-bond acceptors (Lipinski definition) is 16. The first-order valence-electron chi connectivity index (χ1n) is 34.9. The van der Waals surface area contributed by atoms with Gasteiger partial charge >= 0.3 is 5.51 Å². The Morgan fingerprint density at radius 2 is 1.51 bits per heavy atom. The highest BCUT2D eigenvalue weighted by molar-refractivity contribution is 7.99. The van der Waals surface area contributed by atoms with Crippen LogP contribution in [0.4, 0.5) is 24.5 Å². The van der Waals surface area contributed by atoms with E-state index in [0.717, 1.165) is 103 Å². The summed E-state index contributed by atoms with van der Waals surface area (Å²) in [5.74, 6) is -1.93. The summed E-state index contributed by atoms with van der Waals surface area (Å²) in [6.45, 7) is 19.9. The number of alkyl halides is 3. The molecule has 17 nitrogen and oxygen atoms in total. The number of benzene rings is 5. The van der Waals surface area contributed by atoms with Crippen molar-refractivity contribution in [3.05, 3.63) is 160 Å². The number of carbonyl (C=O) groups is 4. The van der Waals surface area contributed by atoms with Gasteiger partial charge in [-0.25, -0.2) is 26.5 Å². The van der Waals surface area contributed by atoms with Crippen LogP contribution < -0.4 is 20.3 Å². The maximum atomic E-state index is 14.6. The zero-order valence-electron chi connectivity index (χ0n) is 58.5. The summed E-state index contributed by atoms with van der Waals surface area (Å²) in [6.07, 6.45) is 5.96. The molecule has 3 saturated heterocycles. The summed E-state index contributed by atoms with van der Waals surface area (Å²) < 4.78 is 101. The van der Waals surface area contributed by atoms with Gasteiger partial charge in [0.25, 0.3) is 25.8 Å². The Balaban J connectivity index is 0.716. The quantitative estimate of drug-likeness (QED) is 0.0353. The fraction of sp³-hybridized carbons (Fsp3) is 0.487. The Morgan fingerprint density at radius 1 is 0.842 bits per heavy atom. The fourth-order valence-electron chi connectivity index (χ4n) is 14.2. The predicted molar refractivity (Wildman–Crippen MR) is 395 cm³/mol. The molecule has 6 aromatic rings. The molecule has 1 aromatic heterocycles. The SMILES string of the molecule is Cc1ncsc1-c1ccc([C@H](C)NC(=O)[C@@H]2C[C@@H](O)CN2C(=O)[C@@H](CC(=O)CCCC2CCN(CC[C@H](CSc3ccccc3)Nc3ccc(S(=O)(=O)NC(=O)c4ccc(N5CCN(CC6=C(c7ccc(Cl)cc7)CCC(C)(C)C6)CC5)cc4)cc3S(=O)(=O)C(F)(F)F)CC2)C(C)(C)C)cc1. The molecule has 544 valence electrons. The number of likely N-dealkylation sites (tertiary alicyclic amines) is 2. The standard InChI is InChI=1S/C76H94ClF3N8O9S4/c1-50(53-16-18-55(19-17-53)70-51(2)81-49-99-70)82-72(92)68-43-62(90)47-88(68)73(93)66(74(3,4)5)42-61(89)13-11-12-52-31-35-85(36-32-52)37-33-59(48-98-63-14-9-8-10-15-63)83-67-29-28-64(44-69(67)100(94,95)76(78,79)80)101(96,97)84-71(91)56-22-26-60(27-23-56)87-40-38-86(39-41-87)46-57-45-75(6,7)34-30-65(57)54-20-24-58(77)25-21-54/h8-10,14-29,44,49-50,52,59,62,66,68,83,90H,11-13,30-43,45-48H2,1-7H3,(H,82,92)(H,84,91)/t50-,59+,62+,66+,68-/m0/s1. The Labute approximate surface area is 606 Å². The molecule has 4 N–H and O–H groups in total. The minimum atomic E-state index is -6.16. The van der Waals surface area contributed by atoms with Gasteiger partial charge in [-0.05, 0) is 184 Å². The lowest BCUT2D eigenvalue weighted by Gasteiger charge is -2.39. The first kappa shape index (κ1) is 77.0. The summed E-state index contributed by atoms with van der Waals surface area (Å²) in [6, 6.07) is 32.2. The molecule has 4 aliphatic rings. The zero-order chi connectivity index (χ0) is 72.6. The second kappa shape index (κ2) is 33.0. The van der Waals surface area contributed by atoms with Crippen LogP contribution in [-0.4, -0.2) is 153 Å². The molecule has 0 saturated carbocycles. The van der Waals surface area contributed by atoms with Crippen LogP contribution in [-0.2, 0) is 34.2 Å². The van der Waals surface area contributed by atoms with E-state index in [1.807, 2.05) is 106 Å². The number of aryl methyl sites for hydroxylation is 1. The Hall–Kier alpha value is -6.64. The number of β-amino-alcohol motifs (C(OH)–C–C–N with tert-alkyl or cyclic N) is 1. The highest BCUT2D eigenvalue weighted by Crippen LogP contribution is 2.44. The number of nitrogens with zero attached hydrogens (tertiary/aromatic N) is 5. The molecule has 1 aliphatic carbocycles. The van der Waals surface area contributed by atoms with Gasteiger partial charge in [0.05, 0.1) is 38.8 Å². The second-order valence-corrected chi connectivity index (χ2v) is 35.4. The topological polar surface area (TPSA) is 219 Å². The van der Waals surface area contributed by atoms with E-state index in [0.29, 0.717) is 68.3 Å². The van der Waals surface area contributed by atoms with Crippen LogP contribution in [0.2, 0.25) is 5.02 Å². The van der Waals surface area contributed by atoms with E-state index in [9.17, 15) is 54.3 Å². The van der Waals surface area contributed by atoms with Crippen molar-refractivity contribution in [3.63, 3.8) is 0 Å². The van der Waals surface area contributed by atoms with Crippen molar-refractivity contribution in [1.82, 2.24) is 29.7 Å². The van der Waals surface area contributed by atoms with Gasteiger partial charge in [0.1, 0.15) is 16.7 Å². The lowest BCUT2D eigenvalue weighted by atomic mass is 9.73. The maximum Gasteiger partial charge on any atom is 0.501 e. The van der Waals surface area contributed by atoms with Crippen LogP contribution in [0.25, 0.3) is 16.0 Å². The number of Topliss-reactive ketones (excluding diaryl/α,β-unsaturated/α-hetero) is 1. The number of sulfone groups is 1. The molecule has 5 atom stereocenters. The van der Waals surface area contributed by atoms with E-state index in [-0.39, 0.29) is 60.4 Å². The number of aliphatic hydroxyl groups excluding tert-OH is 1. The number of piperidine rings is 1. The fourth-order valence-corrected chi connectivity index (χ4v) is 18.2. The van der Waals surface area contributed by atoms with Crippen molar-refractivity contribution >= 4 is 95.0 Å². The van der Waals surface area contributed by atoms with Gasteiger partial charge in [-0.3, -0.25) is 24.1 Å². The van der Waals surface area contributed by atoms with Crippen LogP contribution in [0, 0.1) is 29.6 Å². The summed E-state index contributed by atoms with van der Waals surface area (Å²) in [5, 5.41) is 17.6. The highest BCUT2D eigenvalue weighted by Gasteiger charge is 2.49. The number of aliphatic hydroxyl groups is 1. The number of carbonyl (C=O) groups excluding carboxylic acids is 4. The third-order valence-electron chi connectivity index (χ3n) is 20.3. The number of thiazole rings is 1. The van der Waals surface area contributed by atoms with Crippen molar-refractivity contribution < 1.29 is 54.3 Å². The van der Waals surface area contributed by atoms with Crippen molar-refractivity contribution in [1.29, 1.82) is 0 Å². The molecule has 0 unspecified atom stereocenters. The summed E-state index contributed by atoms with van der Waals surface area (Å²) in [7, 11) is -11.1. The number of thioether (sulfide) groups is 1.